The van der Waals surface area contributed by atoms with E-state index in [1.807, 2.05) is 0 Å². The highest BCUT2D eigenvalue weighted by Crippen LogP contribution is 1.94. The molecule has 0 amide bonds. The predicted octanol–water partition coefficient (Wildman–Crippen LogP) is 2.60. The lowest BCUT2D eigenvalue weighted by Crippen LogP contribution is -2.11. The number of aliphatic carboxylic acids is 2. The molecule has 0 aromatic rings. The van der Waals surface area contributed by atoms with Crippen molar-refractivity contribution in [2.24, 2.45) is 0 Å². The van der Waals surface area contributed by atoms with E-state index in [0.717, 1.165) is 24.3 Å². The summed E-state index contributed by atoms with van der Waals surface area (Å²) in [5.41, 5.74) is 0. The molecule has 0 saturated carbocycles. The molecule has 0 fully saturated rings. The van der Waals surface area contributed by atoms with Crippen LogP contribution in [0.25, 0.3) is 0 Å². The van der Waals surface area contributed by atoms with Crippen LogP contribution in [0.2, 0.25) is 0 Å². The molecule has 2 N–H and O–H groups in total. The van der Waals surface area contributed by atoms with Gasteiger partial charge in [0.1, 0.15) is 0 Å². The zero-order valence-corrected chi connectivity index (χ0v) is 21.8. The highest BCUT2D eigenvalue weighted by Gasteiger charge is 2.05. The van der Waals surface area contributed by atoms with Gasteiger partial charge in [-0.05, 0) is 55.4 Å². The number of hydrogen-bond donors (Lipinski definition) is 2. The van der Waals surface area contributed by atoms with E-state index in [1.165, 1.54) is 0 Å². The first-order valence-corrected chi connectivity index (χ1v) is 10.8. The maximum Gasteiger partial charge on any atom is 0.331 e. The number of hydrogen-bond acceptors (Lipinski definition) is 10. The van der Waals surface area contributed by atoms with Crippen LogP contribution in [0.15, 0.2) is 36.5 Å². The van der Waals surface area contributed by atoms with Crippen LogP contribution in [-0.4, -0.2) is 70.4 Å². The lowest BCUT2D eigenvalue weighted by Gasteiger charge is -2.05. The Morgan fingerprint density at radius 1 is 0.417 bits per heavy atom. The normalized spacial score (nSPS) is 10.7. The van der Waals surface area contributed by atoms with E-state index in [4.69, 9.17) is 29.2 Å². The number of rotatable bonds is 10. The van der Waals surface area contributed by atoms with Gasteiger partial charge in [0.2, 0.25) is 0 Å². The fraction of sp³-hybridized carbons (Fsp3) is 0.500. The van der Waals surface area contributed by atoms with Gasteiger partial charge in [0.15, 0.2) is 0 Å². The number of carboxylic acid groups (broad SMARTS) is 2. The van der Waals surface area contributed by atoms with Crippen molar-refractivity contribution in [2.45, 2.75) is 79.8 Å². The van der Waals surface area contributed by atoms with Crippen LogP contribution in [0, 0.1) is 0 Å². The molecule has 0 radical (unpaired) electrons. The summed E-state index contributed by atoms with van der Waals surface area (Å²) in [6.45, 7) is 13.9. The molecule has 0 heterocycles. The van der Waals surface area contributed by atoms with Gasteiger partial charge in [-0.1, -0.05) is 0 Å². The van der Waals surface area contributed by atoms with Gasteiger partial charge in [-0.3, -0.25) is 0 Å². The number of carbonyl (C=O) groups excluding carboxylic acids is 4. The van der Waals surface area contributed by atoms with Gasteiger partial charge in [0.05, 0.1) is 24.4 Å². The number of carbonyl (C=O) groups is 6. The molecule has 0 rings (SSSR count). The maximum atomic E-state index is 10.9. The molecule has 0 aromatic heterocycles. The van der Waals surface area contributed by atoms with E-state index in [-0.39, 0.29) is 24.4 Å². The molecule has 0 saturated heterocycles. The summed E-state index contributed by atoms with van der Waals surface area (Å²) in [6.07, 6.45) is 4.61. The largest absolute Gasteiger partial charge is 0.478 e. The molecule has 12 nitrogen and oxygen atoms in total. The highest BCUT2D eigenvalue weighted by molar-refractivity contribution is 5.92. The average molecular weight is 517 g/mol. The Kier molecular flexibility index (Phi) is 21.9. The van der Waals surface area contributed by atoms with Gasteiger partial charge in [0, 0.05) is 36.5 Å². The van der Waals surface area contributed by atoms with E-state index in [2.05, 4.69) is 0 Å². The number of esters is 4. The van der Waals surface area contributed by atoms with Crippen LogP contribution in [0.5, 0.6) is 0 Å². The molecular formula is C24H36O12. The van der Waals surface area contributed by atoms with Crippen molar-refractivity contribution in [1.82, 2.24) is 0 Å². The number of carboxylic acids is 2. The Balaban J connectivity index is -0.000000472. The van der Waals surface area contributed by atoms with Crippen LogP contribution in [0.1, 0.15) is 55.4 Å². The highest BCUT2D eigenvalue weighted by atomic mass is 16.6. The first-order valence-electron chi connectivity index (χ1n) is 10.8. The molecule has 0 aromatic carbocycles. The summed E-state index contributed by atoms with van der Waals surface area (Å²) in [4.78, 5) is 62.8. The summed E-state index contributed by atoms with van der Waals surface area (Å²) in [7, 11) is 0. The van der Waals surface area contributed by atoms with E-state index in [9.17, 15) is 28.8 Å². The molecule has 0 bridgehead atoms. The molecule has 0 atom stereocenters. The Hall–Kier alpha value is -3.96. The lowest BCUT2D eigenvalue weighted by atomic mass is 10.4. The van der Waals surface area contributed by atoms with Gasteiger partial charge in [0.25, 0.3) is 0 Å². The Morgan fingerprint density at radius 2 is 0.583 bits per heavy atom. The van der Waals surface area contributed by atoms with Gasteiger partial charge in [-0.15, -0.1) is 0 Å². The zero-order chi connectivity index (χ0) is 28.8. The van der Waals surface area contributed by atoms with Crippen molar-refractivity contribution in [3.05, 3.63) is 36.5 Å². The molecule has 0 aliphatic rings. The van der Waals surface area contributed by atoms with Crippen molar-refractivity contribution in [3.63, 3.8) is 0 Å². The van der Waals surface area contributed by atoms with Gasteiger partial charge in [-0.25, -0.2) is 28.8 Å². The Labute approximate surface area is 210 Å². The van der Waals surface area contributed by atoms with Crippen molar-refractivity contribution in [3.8, 4) is 0 Å². The molecule has 0 aliphatic carbocycles. The summed E-state index contributed by atoms with van der Waals surface area (Å²) in [6, 6.07) is 0. The van der Waals surface area contributed by atoms with E-state index in [0.29, 0.717) is 12.2 Å². The molecule has 0 unspecified atom stereocenters. The first kappa shape index (κ1) is 36.6. The Bertz CT molecular complexity index is 688. The van der Waals surface area contributed by atoms with Crippen LogP contribution in [0.4, 0.5) is 0 Å². The smallest absolute Gasteiger partial charge is 0.331 e. The fourth-order valence-corrected chi connectivity index (χ4v) is 1.50. The quantitative estimate of drug-likeness (QED) is 0.246. The molecular weight excluding hydrogens is 480 g/mol. The average Bonchev–Trinajstić information content (AvgIpc) is 2.68. The first-order chi connectivity index (χ1) is 16.5. The second kappa shape index (κ2) is 21.6. The zero-order valence-electron chi connectivity index (χ0n) is 21.8. The minimum atomic E-state index is -1.26. The van der Waals surface area contributed by atoms with Crippen LogP contribution in [-0.2, 0) is 47.7 Å². The summed E-state index contributed by atoms with van der Waals surface area (Å²) >= 11 is 0. The molecule has 0 aliphatic heterocycles. The number of ether oxygens (including phenoxy) is 4. The van der Waals surface area contributed by atoms with E-state index in [1.54, 1.807) is 55.4 Å². The predicted molar refractivity (Wildman–Crippen MR) is 128 cm³/mol. The molecule has 204 valence electrons. The standard InChI is InChI=1S/2C10H16O4.C4H4O4/c2*1-7(2)13-9(11)5-6-10(12)14-8(3)4;5-3(6)1-2-4(7)8/h2*5-8H,1-4H3;1-2H,(H,5,6)(H,7,8)/b2*6-5-;2-1-. The van der Waals surface area contributed by atoms with E-state index >= 15 is 0 Å². The monoisotopic (exact) mass is 516 g/mol. The molecule has 0 spiro atoms. The third-order valence-electron chi connectivity index (χ3n) is 2.49. The SMILES string of the molecule is CC(C)OC(=O)/C=C\C(=O)OC(C)C.CC(C)OC(=O)/C=C\C(=O)OC(C)C.O=C(O)/C=C\C(=O)O. The minimum absolute atomic E-state index is 0.187. The van der Waals surface area contributed by atoms with Gasteiger partial charge < -0.3 is 29.2 Å². The fourth-order valence-electron chi connectivity index (χ4n) is 1.50. The third-order valence-corrected chi connectivity index (χ3v) is 2.49. The van der Waals surface area contributed by atoms with Crippen molar-refractivity contribution in [1.29, 1.82) is 0 Å². The van der Waals surface area contributed by atoms with Crippen molar-refractivity contribution >= 4 is 35.8 Å². The van der Waals surface area contributed by atoms with Crippen LogP contribution in [0.3, 0.4) is 0 Å². The van der Waals surface area contributed by atoms with Crippen molar-refractivity contribution < 1.29 is 57.9 Å². The topological polar surface area (TPSA) is 180 Å². The van der Waals surface area contributed by atoms with Gasteiger partial charge in [-0.2, -0.15) is 0 Å². The van der Waals surface area contributed by atoms with Crippen LogP contribution < -0.4 is 0 Å². The minimum Gasteiger partial charge on any atom is -0.478 e. The van der Waals surface area contributed by atoms with Crippen LogP contribution >= 0.6 is 0 Å². The summed E-state index contributed by atoms with van der Waals surface area (Å²) < 4.78 is 19.1. The second-order valence-corrected chi connectivity index (χ2v) is 7.62. The summed E-state index contributed by atoms with van der Waals surface area (Å²) in [5.74, 6) is -4.68. The van der Waals surface area contributed by atoms with E-state index < -0.39 is 35.8 Å². The van der Waals surface area contributed by atoms with Gasteiger partial charge >= 0.3 is 35.8 Å². The third kappa shape index (κ3) is 34.6. The maximum absolute atomic E-state index is 10.9. The second-order valence-electron chi connectivity index (χ2n) is 7.62. The lowest BCUT2D eigenvalue weighted by molar-refractivity contribution is -0.144. The Morgan fingerprint density at radius 3 is 0.694 bits per heavy atom. The summed E-state index contributed by atoms with van der Waals surface area (Å²) in [5, 5.41) is 15.6. The molecule has 36 heavy (non-hydrogen) atoms. The van der Waals surface area contributed by atoms with Crippen molar-refractivity contribution in [2.75, 3.05) is 0 Å². The molecule has 12 heteroatoms.